The van der Waals surface area contributed by atoms with Crippen LogP contribution in [-0.4, -0.2) is 47.1 Å². The molecule has 0 spiro atoms. The van der Waals surface area contributed by atoms with Gasteiger partial charge in [-0.05, 0) is 88.5 Å². The summed E-state index contributed by atoms with van der Waals surface area (Å²) in [5, 5.41) is 11.7. The average molecular weight is 736 g/mol. The number of hydrogen-bond acceptors (Lipinski definition) is 4. The first-order valence-corrected chi connectivity index (χ1v) is 15.8. The number of halogens is 9. The molecule has 0 aliphatic carbocycles. The third-order valence-electron chi connectivity index (χ3n) is 8.14. The van der Waals surface area contributed by atoms with E-state index in [0.717, 1.165) is 12.3 Å². The molecule has 7 nitrogen and oxygen atoms in total. The van der Waals surface area contributed by atoms with Crippen molar-refractivity contribution in [2.75, 3.05) is 20.6 Å². The lowest BCUT2D eigenvalue weighted by molar-refractivity contribution is -0.140. The first-order valence-electron chi connectivity index (χ1n) is 15.8. The molecule has 1 amide bonds. The van der Waals surface area contributed by atoms with Gasteiger partial charge in [-0.25, -0.2) is 13.2 Å². The Bertz CT molecular complexity index is 1810. The minimum atomic E-state index is -5.50. The topological polar surface area (TPSA) is 91.6 Å². The maximum atomic E-state index is 16.3. The molecular formula is C35H38F9N3O4. The highest BCUT2D eigenvalue weighted by molar-refractivity contribution is 5.82. The number of aliphatic carboxylic acids is 1. The van der Waals surface area contributed by atoms with Gasteiger partial charge in [0.05, 0.1) is 23.6 Å². The zero-order chi connectivity index (χ0) is 38.7. The quantitative estimate of drug-likeness (QED) is 0.174. The SMILES string of the molecule is Cc1cc(C)c(-c2cc(C(F)(F)F)c(F)c(C(CC(=O)O)NC(=O)C(CC(C)C)n3cc(CCCN(C)C)c(C(F)(F)F)cc3=O)c2F)c(F)c1. The Morgan fingerprint density at radius 2 is 1.53 bits per heavy atom. The van der Waals surface area contributed by atoms with Gasteiger partial charge in [-0.2, -0.15) is 26.3 Å². The third kappa shape index (κ3) is 9.92. The van der Waals surface area contributed by atoms with Crippen LogP contribution in [0.3, 0.4) is 0 Å². The molecule has 0 saturated carbocycles. The molecule has 2 unspecified atom stereocenters. The standard InChI is InChI=1S/C35H38F9N3O4/c1-17(2)10-26(47-16-20(8-7-9-46(5)6)22(14-27(47)48)34(39,40)41)33(51)45-25(15-28(49)50)30-31(37)21(13-23(32(30)38)35(42,43)44)29-19(4)11-18(3)12-24(29)36/h11-14,16-17,25-26H,7-10,15H2,1-6H3,(H,45,51)(H,49,50). The van der Waals surface area contributed by atoms with Crippen LogP contribution in [0.5, 0.6) is 0 Å². The fraction of sp³-hybridized carbons (Fsp3) is 0.457. The number of nitrogens with zero attached hydrogens (tertiary/aromatic N) is 2. The van der Waals surface area contributed by atoms with Crippen LogP contribution >= 0.6 is 0 Å². The zero-order valence-electron chi connectivity index (χ0n) is 28.6. The number of hydrogen-bond donors (Lipinski definition) is 2. The van der Waals surface area contributed by atoms with Gasteiger partial charge in [0.25, 0.3) is 5.56 Å². The maximum absolute atomic E-state index is 16.3. The molecule has 0 saturated heterocycles. The molecule has 51 heavy (non-hydrogen) atoms. The molecule has 0 fully saturated rings. The maximum Gasteiger partial charge on any atom is 0.419 e. The van der Waals surface area contributed by atoms with Gasteiger partial charge < -0.3 is 19.9 Å². The van der Waals surface area contributed by atoms with Crippen molar-refractivity contribution in [3.63, 3.8) is 0 Å². The first-order chi connectivity index (χ1) is 23.4. The molecule has 2 N–H and O–H groups in total. The van der Waals surface area contributed by atoms with Crippen LogP contribution in [0.25, 0.3) is 11.1 Å². The monoisotopic (exact) mass is 735 g/mol. The lowest BCUT2D eigenvalue weighted by Crippen LogP contribution is -2.41. The molecule has 0 aliphatic rings. The normalized spacial score (nSPS) is 13.5. The third-order valence-corrected chi connectivity index (χ3v) is 8.14. The molecule has 280 valence electrons. The second-order valence-electron chi connectivity index (χ2n) is 13.1. The molecule has 2 aromatic carbocycles. The molecule has 1 heterocycles. The van der Waals surface area contributed by atoms with E-state index < -0.39 is 99.5 Å². The Morgan fingerprint density at radius 3 is 2.04 bits per heavy atom. The first kappa shape index (κ1) is 41.1. The average Bonchev–Trinajstić information content (AvgIpc) is 2.95. The van der Waals surface area contributed by atoms with E-state index in [1.807, 2.05) is 5.32 Å². The van der Waals surface area contributed by atoms with Crippen molar-refractivity contribution in [1.29, 1.82) is 0 Å². The molecule has 0 bridgehead atoms. The van der Waals surface area contributed by atoms with E-state index in [0.29, 0.717) is 22.7 Å². The van der Waals surface area contributed by atoms with E-state index in [9.17, 15) is 45.8 Å². The number of nitrogens with one attached hydrogen (secondary N) is 1. The van der Waals surface area contributed by atoms with E-state index in [-0.39, 0.29) is 36.5 Å². The van der Waals surface area contributed by atoms with E-state index in [2.05, 4.69) is 0 Å². The zero-order valence-corrected chi connectivity index (χ0v) is 28.6. The van der Waals surface area contributed by atoms with Crippen molar-refractivity contribution in [3.05, 3.63) is 91.6 Å². The summed E-state index contributed by atoms with van der Waals surface area (Å²) >= 11 is 0. The van der Waals surface area contributed by atoms with E-state index in [1.165, 1.54) is 19.9 Å². The molecule has 3 aromatic rings. The molecule has 2 atom stereocenters. The Morgan fingerprint density at radius 1 is 0.922 bits per heavy atom. The fourth-order valence-corrected chi connectivity index (χ4v) is 5.95. The van der Waals surface area contributed by atoms with Gasteiger partial charge in [-0.1, -0.05) is 19.9 Å². The second-order valence-corrected chi connectivity index (χ2v) is 13.1. The highest BCUT2D eigenvalue weighted by atomic mass is 19.4. The molecule has 16 heteroatoms. The number of carbonyl (C=O) groups excluding carboxylic acids is 1. The van der Waals surface area contributed by atoms with Gasteiger partial charge >= 0.3 is 18.3 Å². The summed E-state index contributed by atoms with van der Waals surface area (Å²) in [4.78, 5) is 40.7. The summed E-state index contributed by atoms with van der Waals surface area (Å²) in [7, 11) is 3.39. The lowest BCUT2D eigenvalue weighted by Gasteiger charge is -2.27. The molecule has 0 radical (unpaired) electrons. The van der Waals surface area contributed by atoms with E-state index in [4.69, 9.17) is 0 Å². The number of alkyl halides is 6. The number of carboxylic acids is 1. The van der Waals surface area contributed by atoms with Gasteiger partial charge in [0.2, 0.25) is 5.91 Å². The summed E-state index contributed by atoms with van der Waals surface area (Å²) in [6.07, 6.45) is -11.2. The van der Waals surface area contributed by atoms with Gasteiger partial charge in [0.1, 0.15) is 23.5 Å². The predicted octanol–water partition coefficient (Wildman–Crippen LogP) is 8.00. The molecule has 1 aromatic heterocycles. The van der Waals surface area contributed by atoms with Crippen molar-refractivity contribution in [2.45, 2.75) is 77.8 Å². The van der Waals surface area contributed by atoms with Crippen molar-refractivity contribution in [2.24, 2.45) is 5.92 Å². The summed E-state index contributed by atoms with van der Waals surface area (Å²) < 4.78 is 132. The number of pyridine rings is 1. The number of rotatable bonds is 13. The molecule has 3 rings (SSSR count). The van der Waals surface area contributed by atoms with Crippen LogP contribution in [0, 0.1) is 37.2 Å². The smallest absolute Gasteiger partial charge is 0.419 e. The second kappa shape index (κ2) is 15.9. The highest BCUT2D eigenvalue weighted by Gasteiger charge is 2.41. The van der Waals surface area contributed by atoms with Gasteiger partial charge in [0, 0.05) is 29.0 Å². The Balaban J connectivity index is 2.27. The van der Waals surface area contributed by atoms with Crippen molar-refractivity contribution in [1.82, 2.24) is 14.8 Å². The van der Waals surface area contributed by atoms with Crippen molar-refractivity contribution in [3.8, 4) is 11.1 Å². The Hall–Kier alpha value is -4.34. The van der Waals surface area contributed by atoms with E-state index in [1.54, 1.807) is 32.8 Å². The largest absolute Gasteiger partial charge is 0.481 e. The number of carbonyl (C=O) groups is 2. The minimum Gasteiger partial charge on any atom is -0.481 e. The Labute approximate surface area is 288 Å². The summed E-state index contributed by atoms with van der Waals surface area (Å²) in [5.74, 6) is -8.79. The summed E-state index contributed by atoms with van der Waals surface area (Å²) in [6, 6.07) is -1.46. The molecular weight excluding hydrogens is 697 g/mol. The number of carboxylic acid groups (broad SMARTS) is 1. The Kier molecular flexibility index (Phi) is 12.8. The van der Waals surface area contributed by atoms with E-state index >= 15 is 13.2 Å². The van der Waals surface area contributed by atoms with Gasteiger partial charge in [-0.15, -0.1) is 0 Å². The van der Waals surface area contributed by atoms with Crippen LogP contribution in [0.4, 0.5) is 39.5 Å². The number of amides is 1. The van der Waals surface area contributed by atoms with Crippen LogP contribution in [0.15, 0.2) is 35.3 Å². The fourth-order valence-electron chi connectivity index (χ4n) is 5.95. The lowest BCUT2D eigenvalue weighted by atomic mass is 9.90. The predicted molar refractivity (Wildman–Crippen MR) is 170 cm³/mol. The van der Waals surface area contributed by atoms with Crippen molar-refractivity contribution >= 4 is 11.9 Å². The van der Waals surface area contributed by atoms with Crippen LogP contribution in [0.2, 0.25) is 0 Å². The molecule has 0 aliphatic heterocycles. The highest BCUT2D eigenvalue weighted by Crippen LogP contribution is 2.42. The van der Waals surface area contributed by atoms with Crippen LogP contribution < -0.4 is 10.9 Å². The number of benzene rings is 2. The van der Waals surface area contributed by atoms with Crippen LogP contribution in [0.1, 0.15) is 78.6 Å². The summed E-state index contributed by atoms with van der Waals surface area (Å²) in [6.45, 7) is 6.27. The van der Waals surface area contributed by atoms with Crippen LogP contribution in [-0.2, 0) is 28.4 Å². The summed E-state index contributed by atoms with van der Waals surface area (Å²) in [5.41, 5.74) is -7.90. The van der Waals surface area contributed by atoms with Gasteiger partial charge in [-0.3, -0.25) is 14.4 Å². The number of aryl methyl sites for hydroxylation is 3. The number of aromatic nitrogens is 1. The van der Waals surface area contributed by atoms with Crippen molar-refractivity contribution < 1.29 is 54.2 Å². The minimum absolute atomic E-state index is 0.0315. The van der Waals surface area contributed by atoms with Gasteiger partial charge in [0.15, 0.2) is 0 Å².